The molecule has 0 atom stereocenters. The highest BCUT2D eigenvalue weighted by Crippen LogP contribution is 2.29. The number of ether oxygens (including phenoxy) is 2. The van der Waals surface area contributed by atoms with E-state index < -0.39 is 5.41 Å². The summed E-state index contributed by atoms with van der Waals surface area (Å²) >= 11 is 5.91. The topological polar surface area (TPSA) is 66.2 Å². The molecule has 0 aliphatic carbocycles. The Morgan fingerprint density at radius 2 is 2.00 bits per heavy atom. The minimum absolute atomic E-state index is 0.113. The van der Waals surface area contributed by atoms with Gasteiger partial charge in [0.2, 0.25) is 0 Å². The lowest BCUT2D eigenvalue weighted by atomic mass is 9.85. The van der Waals surface area contributed by atoms with E-state index in [9.17, 15) is 4.79 Å². The molecule has 1 aromatic carbocycles. The highest BCUT2D eigenvalue weighted by atomic mass is 35.5. The molecule has 3 rings (SSSR count). The molecule has 6 nitrogen and oxygen atoms in total. The third-order valence-corrected chi connectivity index (χ3v) is 3.88. The van der Waals surface area contributed by atoms with E-state index in [2.05, 4.69) is 10.1 Å². The van der Waals surface area contributed by atoms with Gasteiger partial charge >= 0.3 is 0 Å². The van der Waals surface area contributed by atoms with Crippen molar-refractivity contribution in [2.75, 3.05) is 20.0 Å². The van der Waals surface area contributed by atoms with E-state index in [0.29, 0.717) is 23.9 Å². The van der Waals surface area contributed by atoms with Gasteiger partial charge in [-0.2, -0.15) is 5.10 Å². The summed E-state index contributed by atoms with van der Waals surface area (Å²) in [5.41, 5.74) is 0.485. The van der Waals surface area contributed by atoms with Gasteiger partial charge in [-0.25, -0.2) is 9.67 Å². The number of hydrogen-bond acceptors (Lipinski definition) is 5. The van der Waals surface area contributed by atoms with Crippen molar-refractivity contribution < 1.29 is 14.3 Å². The second kappa shape index (κ2) is 6.62. The summed E-state index contributed by atoms with van der Waals surface area (Å²) in [6.45, 7) is 2.64. The Bertz CT molecular complexity index is 705. The maximum Gasteiger partial charge on any atom is 0.191 e. The largest absolute Gasteiger partial charge is 0.354 e. The number of nitrogens with zero attached hydrogens (tertiary/aromatic N) is 3. The van der Waals surface area contributed by atoms with E-state index in [1.165, 1.54) is 17.3 Å². The van der Waals surface area contributed by atoms with Crippen LogP contribution in [0.15, 0.2) is 36.9 Å². The number of carbonyl (C=O) groups excluding carboxylic acids is 1. The molecular weight excluding hydrogens is 318 g/mol. The third kappa shape index (κ3) is 3.50. The molecule has 7 heteroatoms. The van der Waals surface area contributed by atoms with Crippen LogP contribution in [0, 0.1) is 5.41 Å². The van der Waals surface area contributed by atoms with Gasteiger partial charge in [-0.3, -0.25) is 4.79 Å². The zero-order chi connectivity index (χ0) is 16.3. The first-order valence-electron chi connectivity index (χ1n) is 7.11. The summed E-state index contributed by atoms with van der Waals surface area (Å²) in [6.07, 6.45) is 4.64. The normalized spacial score (nSPS) is 17.9. The Morgan fingerprint density at radius 3 is 2.61 bits per heavy atom. The number of hydrogen-bond donors (Lipinski definition) is 0. The summed E-state index contributed by atoms with van der Waals surface area (Å²) in [4.78, 5) is 17.0. The molecule has 1 aromatic heterocycles. The van der Waals surface area contributed by atoms with Gasteiger partial charge in [-0.05, 0) is 30.7 Å². The molecular formula is C16H16ClN3O3. The van der Waals surface area contributed by atoms with E-state index >= 15 is 0 Å². The molecule has 1 aliphatic heterocycles. The van der Waals surface area contributed by atoms with Gasteiger partial charge in [-0.1, -0.05) is 23.7 Å². The predicted molar refractivity (Wildman–Crippen MR) is 85.5 cm³/mol. The second-order valence-electron chi connectivity index (χ2n) is 5.63. The fourth-order valence-corrected chi connectivity index (χ4v) is 2.49. The summed E-state index contributed by atoms with van der Waals surface area (Å²) < 4.78 is 12.1. The molecule has 2 aromatic rings. The number of benzene rings is 1. The fourth-order valence-electron chi connectivity index (χ4n) is 2.36. The number of Topliss-reactive ketones (excluding diaryl/α,β-unsaturated/α-hetero) is 1. The smallest absolute Gasteiger partial charge is 0.191 e. The lowest BCUT2D eigenvalue weighted by Gasteiger charge is -2.32. The highest BCUT2D eigenvalue weighted by Gasteiger charge is 2.39. The molecule has 1 aliphatic rings. The summed E-state index contributed by atoms with van der Waals surface area (Å²) in [7, 11) is 0. The van der Waals surface area contributed by atoms with Gasteiger partial charge in [0, 0.05) is 5.02 Å². The molecule has 0 unspecified atom stereocenters. The molecule has 0 N–H and O–H groups in total. The Labute approximate surface area is 138 Å². The van der Waals surface area contributed by atoms with Crippen molar-refractivity contribution in [1.29, 1.82) is 0 Å². The summed E-state index contributed by atoms with van der Waals surface area (Å²) in [5.74, 6) is -0.113. The number of ketones is 1. The van der Waals surface area contributed by atoms with Crippen LogP contribution in [0.25, 0.3) is 11.8 Å². The van der Waals surface area contributed by atoms with Crippen molar-refractivity contribution in [1.82, 2.24) is 14.8 Å². The number of allylic oxidation sites excluding steroid dienone is 1. The molecule has 2 heterocycles. The Morgan fingerprint density at radius 1 is 1.30 bits per heavy atom. The molecule has 0 saturated carbocycles. The fraction of sp³-hybridized carbons (Fsp3) is 0.312. The maximum atomic E-state index is 13.0. The number of halogens is 1. The van der Waals surface area contributed by atoms with Gasteiger partial charge in [0.05, 0.1) is 18.6 Å². The molecule has 1 saturated heterocycles. The average Bonchev–Trinajstić information content (AvgIpc) is 3.08. The Balaban J connectivity index is 1.99. The Hall–Kier alpha value is -2.02. The minimum Gasteiger partial charge on any atom is -0.354 e. The molecule has 0 radical (unpaired) electrons. The van der Waals surface area contributed by atoms with E-state index in [1.807, 2.05) is 19.1 Å². The molecule has 1 fully saturated rings. The van der Waals surface area contributed by atoms with Crippen LogP contribution in [0.1, 0.15) is 12.5 Å². The van der Waals surface area contributed by atoms with E-state index in [4.69, 9.17) is 21.1 Å². The van der Waals surface area contributed by atoms with Crippen molar-refractivity contribution >= 4 is 29.2 Å². The first-order valence-corrected chi connectivity index (χ1v) is 7.49. The van der Waals surface area contributed by atoms with Gasteiger partial charge in [0.1, 0.15) is 25.1 Å². The van der Waals surface area contributed by atoms with Crippen LogP contribution in [-0.2, 0) is 14.3 Å². The molecule has 0 spiro atoms. The van der Waals surface area contributed by atoms with Crippen molar-refractivity contribution in [2.24, 2.45) is 5.41 Å². The average molecular weight is 334 g/mol. The molecule has 120 valence electrons. The van der Waals surface area contributed by atoms with Gasteiger partial charge in [0.15, 0.2) is 5.78 Å². The van der Waals surface area contributed by atoms with Crippen molar-refractivity contribution in [3.8, 4) is 0 Å². The molecule has 0 bridgehead atoms. The van der Waals surface area contributed by atoms with Crippen molar-refractivity contribution in [2.45, 2.75) is 6.92 Å². The van der Waals surface area contributed by atoms with Crippen molar-refractivity contribution in [3.05, 3.63) is 47.5 Å². The minimum atomic E-state index is -0.761. The van der Waals surface area contributed by atoms with Gasteiger partial charge in [-0.15, -0.1) is 0 Å². The van der Waals surface area contributed by atoms with E-state index in [0.717, 1.165) is 5.56 Å². The lowest BCUT2D eigenvalue weighted by Crippen LogP contribution is -2.42. The second-order valence-corrected chi connectivity index (χ2v) is 6.06. The van der Waals surface area contributed by atoms with Crippen LogP contribution >= 0.6 is 11.6 Å². The van der Waals surface area contributed by atoms with Crippen LogP contribution in [0.2, 0.25) is 5.02 Å². The first kappa shape index (κ1) is 15.9. The lowest BCUT2D eigenvalue weighted by molar-refractivity contribution is -0.168. The predicted octanol–water partition coefficient (Wildman–Crippen LogP) is 2.51. The number of rotatable bonds is 4. The number of carbonyl (C=O) groups is 1. The standard InChI is InChI=1S/C16H16ClN3O3/c1-16(7-22-11-23-8-16)15(21)14(20-10-18-9-19-20)6-12-2-4-13(17)5-3-12/h2-6,9-10H,7-8,11H2,1H3. The third-order valence-electron chi connectivity index (χ3n) is 3.63. The maximum absolute atomic E-state index is 13.0. The van der Waals surface area contributed by atoms with Crippen LogP contribution in [-0.4, -0.2) is 40.6 Å². The van der Waals surface area contributed by atoms with Crippen molar-refractivity contribution in [3.63, 3.8) is 0 Å². The van der Waals surface area contributed by atoms with Gasteiger partial charge < -0.3 is 9.47 Å². The monoisotopic (exact) mass is 333 g/mol. The van der Waals surface area contributed by atoms with E-state index in [1.54, 1.807) is 18.2 Å². The number of aromatic nitrogens is 3. The molecule has 23 heavy (non-hydrogen) atoms. The SMILES string of the molecule is CC1(C(=O)C(=Cc2ccc(Cl)cc2)n2cncn2)COCOC1. The molecule has 0 amide bonds. The van der Waals surface area contributed by atoms with Gasteiger partial charge in [0.25, 0.3) is 0 Å². The quantitative estimate of drug-likeness (QED) is 0.804. The summed E-state index contributed by atoms with van der Waals surface area (Å²) in [5, 5.41) is 4.72. The van der Waals surface area contributed by atoms with Crippen LogP contribution < -0.4 is 0 Å². The van der Waals surface area contributed by atoms with Crippen LogP contribution in [0.3, 0.4) is 0 Å². The zero-order valence-corrected chi connectivity index (χ0v) is 13.4. The summed E-state index contributed by atoms with van der Waals surface area (Å²) in [6, 6.07) is 7.21. The van der Waals surface area contributed by atoms with E-state index in [-0.39, 0.29) is 12.6 Å². The van der Waals surface area contributed by atoms with Crippen LogP contribution in [0.5, 0.6) is 0 Å². The Kier molecular flexibility index (Phi) is 4.56. The highest BCUT2D eigenvalue weighted by molar-refractivity contribution is 6.30. The first-order chi connectivity index (χ1) is 11.1. The van der Waals surface area contributed by atoms with Crippen LogP contribution in [0.4, 0.5) is 0 Å². The zero-order valence-electron chi connectivity index (χ0n) is 12.6.